The van der Waals surface area contributed by atoms with E-state index in [1.54, 1.807) is 18.6 Å². The van der Waals surface area contributed by atoms with Crippen molar-refractivity contribution in [3.63, 3.8) is 0 Å². The van der Waals surface area contributed by atoms with Crippen LogP contribution in [0.25, 0.3) is 0 Å². The van der Waals surface area contributed by atoms with Crippen molar-refractivity contribution < 1.29 is 0 Å². The molecule has 0 aliphatic carbocycles. The van der Waals surface area contributed by atoms with Gasteiger partial charge < -0.3 is 10.2 Å². The van der Waals surface area contributed by atoms with Gasteiger partial charge >= 0.3 is 0 Å². The third-order valence-electron chi connectivity index (χ3n) is 3.90. The first-order chi connectivity index (χ1) is 11.4. The van der Waals surface area contributed by atoms with Crippen LogP contribution in [-0.4, -0.2) is 26.7 Å². The Kier molecular flexibility index (Phi) is 3.56. The highest BCUT2D eigenvalue weighted by Crippen LogP contribution is 2.32. The van der Waals surface area contributed by atoms with Crippen LogP contribution >= 0.6 is 0 Å². The molecule has 4 rings (SSSR count). The number of anilines is 3. The van der Waals surface area contributed by atoms with Crippen LogP contribution < -0.4 is 10.2 Å². The number of pyridine rings is 1. The van der Waals surface area contributed by atoms with E-state index in [-0.39, 0.29) is 0 Å². The highest BCUT2D eigenvalue weighted by molar-refractivity contribution is 5.65. The molecule has 2 aromatic heterocycles. The van der Waals surface area contributed by atoms with E-state index in [0.29, 0.717) is 12.5 Å². The molecule has 6 heteroatoms. The minimum Gasteiger partial charge on any atom is -0.365 e. The van der Waals surface area contributed by atoms with E-state index in [4.69, 9.17) is 0 Å². The largest absolute Gasteiger partial charge is 0.365 e. The van der Waals surface area contributed by atoms with Crippen molar-refractivity contribution in [3.8, 4) is 0 Å². The third-order valence-corrected chi connectivity index (χ3v) is 3.90. The number of nitrogens with zero attached hydrogens (tertiary/aromatic N) is 5. The first-order valence-corrected chi connectivity index (χ1v) is 7.58. The molecule has 1 N–H and O–H groups in total. The highest BCUT2D eigenvalue weighted by atomic mass is 15.3. The Bertz CT molecular complexity index is 805. The Morgan fingerprint density at radius 2 is 1.96 bits per heavy atom. The fourth-order valence-corrected chi connectivity index (χ4v) is 2.73. The lowest BCUT2D eigenvalue weighted by atomic mass is 10.2. The van der Waals surface area contributed by atoms with Gasteiger partial charge in [0, 0.05) is 31.2 Å². The summed E-state index contributed by atoms with van der Waals surface area (Å²) in [7, 11) is 0. The maximum absolute atomic E-state index is 4.59. The van der Waals surface area contributed by atoms with E-state index >= 15 is 0 Å². The van der Waals surface area contributed by atoms with Crippen LogP contribution in [0.4, 0.5) is 17.5 Å². The predicted octanol–water partition coefficient (Wildman–Crippen LogP) is 2.57. The molecule has 1 aromatic carbocycles. The van der Waals surface area contributed by atoms with E-state index in [1.807, 2.05) is 18.2 Å². The van der Waals surface area contributed by atoms with Crippen LogP contribution in [0.3, 0.4) is 0 Å². The molecule has 0 saturated carbocycles. The Labute approximate surface area is 134 Å². The summed E-state index contributed by atoms with van der Waals surface area (Å²) >= 11 is 0. The Morgan fingerprint density at radius 1 is 1.09 bits per heavy atom. The molecule has 0 bridgehead atoms. The molecule has 1 aliphatic heterocycles. The van der Waals surface area contributed by atoms with Crippen LogP contribution in [0.2, 0.25) is 0 Å². The topological polar surface area (TPSA) is 66.8 Å². The van der Waals surface area contributed by atoms with Crippen molar-refractivity contribution in [2.75, 3.05) is 16.8 Å². The molecule has 3 aromatic rings. The molecular weight excluding hydrogens is 288 g/mol. The lowest BCUT2D eigenvalue weighted by Crippen LogP contribution is -2.17. The number of hydrogen-bond donors (Lipinski definition) is 1. The summed E-state index contributed by atoms with van der Waals surface area (Å²) in [5.74, 6) is 1.35. The van der Waals surface area contributed by atoms with Crippen molar-refractivity contribution in [2.45, 2.75) is 13.0 Å². The van der Waals surface area contributed by atoms with Crippen LogP contribution in [0.5, 0.6) is 0 Å². The molecule has 0 amide bonds. The predicted molar refractivity (Wildman–Crippen MR) is 88.5 cm³/mol. The van der Waals surface area contributed by atoms with E-state index in [9.17, 15) is 0 Å². The fourth-order valence-electron chi connectivity index (χ4n) is 2.73. The lowest BCUT2D eigenvalue weighted by molar-refractivity contribution is 0.881. The molecule has 0 fully saturated rings. The van der Waals surface area contributed by atoms with Gasteiger partial charge in [0.25, 0.3) is 5.95 Å². The van der Waals surface area contributed by atoms with Crippen molar-refractivity contribution >= 4 is 17.5 Å². The van der Waals surface area contributed by atoms with Crippen molar-refractivity contribution in [3.05, 3.63) is 66.1 Å². The zero-order valence-electron chi connectivity index (χ0n) is 12.6. The summed E-state index contributed by atoms with van der Waals surface area (Å²) in [6.07, 6.45) is 6.21. The molecule has 0 radical (unpaired) electrons. The standard InChI is InChI=1S/C17H16N6/c1-2-4-15-14(3-1)7-10-23(15)17-21-16(12-20-22-17)19-11-13-5-8-18-9-6-13/h1-6,8-9,12H,7,10-11H2,(H,19,21,22). The molecular formula is C17H16N6. The lowest BCUT2D eigenvalue weighted by Gasteiger charge is -2.17. The van der Waals surface area contributed by atoms with Crippen molar-refractivity contribution in [1.82, 2.24) is 20.2 Å². The van der Waals surface area contributed by atoms with Gasteiger partial charge in [-0.3, -0.25) is 4.98 Å². The van der Waals surface area contributed by atoms with Crippen LogP contribution in [0.1, 0.15) is 11.1 Å². The van der Waals surface area contributed by atoms with E-state index in [1.165, 1.54) is 11.3 Å². The molecule has 6 nitrogen and oxygen atoms in total. The SMILES string of the molecule is c1ccc2c(c1)CCN2c1nncc(NCc2ccncc2)n1. The van der Waals surface area contributed by atoms with Gasteiger partial charge in [-0.25, -0.2) is 0 Å². The van der Waals surface area contributed by atoms with Gasteiger partial charge in [-0.05, 0) is 35.7 Å². The van der Waals surface area contributed by atoms with Crippen LogP contribution in [0, 0.1) is 0 Å². The summed E-state index contributed by atoms with van der Waals surface area (Å²) in [6, 6.07) is 12.3. The Balaban J connectivity index is 1.53. The van der Waals surface area contributed by atoms with Crippen molar-refractivity contribution in [2.24, 2.45) is 0 Å². The molecule has 0 spiro atoms. The van der Waals surface area contributed by atoms with E-state index < -0.39 is 0 Å². The van der Waals surface area contributed by atoms with Crippen molar-refractivity contribution in [1.29, 1.82) is 0 Å². The maximum atomic E-state index is 4.59. The minimum absolute atomic E-state index is 0.634. The number of nitrogens with one attached hydrogen (secondary N) is 1. The second-order valence-corrected chi connectivity index (χ2v) is 5.38. The van der Waals surface area contributed by atoms with Gasteiger partial charge in [0.2, 0.25) is 0 Å². The molecule has 0 saturated heterocycles. The van der Waals surface area contributed by atoms with Crippen LogP contribution in [-0.2, 0) is 13.0 Å². The van der Waals surface area contributed by atoms with Gasteiger partial charge in [-0.1, -0.05) is 18.2 Å². The summed E-state index contributed by atoms with van der Waals surface area (Å²) in [4.78, 5) is 10.7. The van der Waals surface area contributed by atoms with Gasteiger partial charge in [0.05, 0.1) is 6.20 Å². The van der Waals surface area contributed by atoms with Gasteiger partial charge in [0.15, 0.2) is 5.82 Å². The summed E-state index contributed by atoms with van der Waals surface area (Å²) in [5, 5.41) is 11.6. The number of para-hydroxylation sites is 1. The fraction of sp³-hybridized carbons (Fsp3) is 0.176. The maximum Gasteiger partial charge on any atom is 0.251 e. The van der Waals surface area contributed by atoms with Gasteiger partial charge in [0.1, 0.15) is 0 Å². The normalized spacial score (nSPS) is 13.0. The quantitative estimate of drug-likeness (QED) is 0.799. The third kappa shape index (κ3) is 2.83. The summed E-state index contributed by atoms with van der Waals surface area (Å²) in [5.41, 5.74) is 3.64. The number of benzene rings is 1. The smallest absolute Gasteiger partial charge is 0.251 e. The second-order valence-electron chi connectivity index (χ2n) is 5.38. The van der Waals surface area contributed by atoms with Crippen LogP contribution in [0.15, 0.2) is 55.0 Å². The number of hydrogen-bond acceptors (Lipinski definition) is 6. The zero-order chi connectivity index (χ0) is 15.5. The molecule has 114 valence electrons. The zero-order valence-corrected chi connectivity index (χ0v) is 12.6. The molecule has 0 atom stereocenters. The Morgan fingerprint density at radius 3 is 2.87 bits per heavy atom. The van der Waals surface area contributed by atoms with Gasteiger partial charge in [-0.2, -0.15) is 10.1 Å². The molecule has 23 heavy (non-hydrogen) atoms. The molecule has 1 aliphatic rings. The summed E-state index contributed by atoms with van der Waals surface area (Å²) < 4.78 is 0. The Hall–Kier alpha value is -3.02. The first-order valence-electron chi connectivity index (χ1n) is 7.58. The second kappa shape index (κ2) is 6.00. The summed E-state index contributed by atoms with van der Waals surface area (Å²) in [6.45, 7) is 1.56. The molecule has 3 heterocycles. The average Bonchev–Trinajstić information content (AvgIpc) is 3.05. The monoisotopic (exact) mass is 304 g/mol. The minimum atomic E-state index is 0.634. The number of rotatable bonds is 4. The first kappa shape index (κ1) is 13.6. The van der Waals surface area contributed by atoms with E-state index in [2.05, 4.69) is 48.6 Å². The number of aromatic nitrogens is 4. The highest BCUT2D eigenvalue weighted by Gasteiger charge is 2.22. The number of fused-ring (bicyclic) bond motifs is 1. The van der Waals surface area contributed by atoms with E-state index in [0.717, 1.165) is 24.3 Å². The average molecular weight is 304 g/mol. The molecule has 0 unspecified atom stereocenters. The van der Waals surface area contributed by atoms with Gasteiger partial charge in [-0.15, -0.1) is 5.10 Å².